The number of benzene rings is 1. The number of likely N-dealkylation sites (tertiary alicyclic amines) is 1. The highest BCUT2D eigenvalue weighted by Gasteiger charge is 2.40. The number of unbranched alkanes of at least 4 members (excludes halogenated alkanes) is 1. The second kappa shape index (κ2) is 10.9. The van der Waals surface area contributed by atoms with E-state index in [0.29, 0.717) is 26.1 Å². The number of carbonyl (C=O) groups is 1. The molecule has 2 aromatic rings. The van der Waals surface area contributed by atoms with E-state index in [2.05, 4.69) is 12.1 Å². The first kappa shape index (κ1) is 24.7. The summed E-state index contributed by atoms with van der Waals surface area (Å²) in [6, 6.07) is 7.89. The molecule has 1 N–H and O–H groups in total. The van der Waals surface area contributed by atoms with E-state index in [4.69, 9.17) is 9.72 Å². The maximum absolute atomic E-state index is 13.4. The number of pyridine rings is 1. The Balaban J connectivity index is 1.26. The number of carboxylic acid groups (broad SMARTS) is 1. The fourth-order valence-corrected chi connectivity index (χ4v) is 5.03. The Bertz CT molecular complexity index is 995. The lowest BCUT2D eigenvalue weighted by atomic mass is 9.95. The maximum Gasteiger partial charge on any atom is 0.416 e. The zero-order chi connectivity index (χ0) is 24.1. The molecule has 2 heterocycles. The van der Waals surface area contributed by atoms with Crippen LogP contribution in [0.5, 0.6) is 0 Å². The lowest BCUT2D eigenvalue weighted by Gasteiger charge is -2.27. The number of hydrogen-bond acceptors (Lipinski definition) is 4. The van der Waals surface area contributed by atoms with Crippen LogP contribution < -0.4 is 0 Å². The molecular weight excluding hydrogens is 445 g/mol. The van der Waals surface area contributed by atoms with E-state index < -0.39 is 23.8 Å². The molecule has 2 aliphatic rings. The van der Waals surface area contributed by atoms with Crippen LogP contribution in [0.25, 0.3) is 0 Å². The maximum atomic E-state index is 13.4. The van der Waals surface area contributed by atoms with Crippen LogP contribution in [0.4, 0.5) is 13.2 Å². The minimum absolute atomic E-state index is 0.179. The lowest BCUT2D eigenvalue weighted by molar-refractivity contribution is -0.145. The number of hydrogen-bond donors (Lipinski definition) is 1. The minimum Gasteiger partial charge on any atom is -0.480 e. The van der Waals surface area contributed by atoms with Crippen molar-refractivity contribution >= 4 is 5.97 Å². The molecule has 0 amide bonds. The van der Waals surface area contributed by atoms with E-state index in [1.54, 1.807) is 4.90 Å². The van der Waals surface area contributed by atoms with E-state index in [0.717, 1.165) is 43.9 Å². The number of aryl methyl sites for hydroxylation is 3. The van der Waals surface area contributed by atoms with E-state index in [-0.39, 0.29) is 11.7 Å². The van der Waals surface area contributed by atoms with Crippen LogP contribution in [0.2, 0.25) is 0 Å². The summed E-state index contributed by atoms with van der Waals surface area (Å²) in [5.74, 6) is -1.28. The van der Waals surface area contributed by atoms with Gasteiger partial charge in [-0.05, 0) is 74.6 Å². The number of fused-ring (bicyclic) bond motifs is 1. The number of aliphatic carboxylic acids is 1. The highest BCUT2D eigenvalue weighted by Crippen LogP contribution is 2.37. The second-order valence-corrected chi connectivity index (χ2v) is 9.17. The highest BCUT2D eigenvalue weighted by molar-refractivity contribution is 5.76. The summed E-state index contributed by atoms with van der Waals surface area (Å²) in [6.45, 7) is 1.22. The Morgan fingerprint density at radius 1 is 1.15 bits per heavy atom. The molecule has 184 valence electrons. The van der Waals surface area contributed by atoms with Crippen molar-refractivity contribution in [2.45, 2.75) is 69.7 Å². The molecule has 34 heavy (non-hydrogen) atoms. The average molecular weight is 477 g/mol. The van der Waals surface area contributed by atoms with Crippen molar-refractivity contribution in [1.29, 1.82) is 0 Å². The average Bonchev–Trinajstić information content (AvgIpc) is 3.26. The van der Waals surface area contributed by atoms with Crippen molar-refractivity contribution in [3.63, 3.8) is 0 Å². The van der Waals surface area contributed by atoms with Crippen LogP contribution in [-0.4, -0.2) is 46.8 Å². The SMILES string of the molecule is O=C(O)C(c1ccccc1C(F)(F)F)N1CC[C@@H](OCCCCc2ccc3c(n2)CCCC3)C1. The Kier molecular flexibility index (Phi) is 7.88. The molecule has 4 rings (SSSR count). The Morgan fingerprint density at radius 2 is 1.94 bits per heavy atom. The topological polar surface area (TPSA) is 62.7 Å². The first-order valence-electron chi connectivity index (χ1n) is 12.0. The van der Waals surface area contributed by atoms with E-state index >= 15 is 0 Å². The number of carboxylic acids is 1. The predicted octanol–water partition coefficient (Wildman–Crippen LogP) is 5.22. The molecule has 1 aliphatic heterocycles. The standard InChI is InChI=1S/C26H31F3N2O3/c27-26(28,29)22-10-3-2-9-21(22)24(25(32)33)31-15-14-20(17-31)34-16-6-5-8-19-13-12-18-7-1-4-11-23(18)30-19/h2-3,9-10,12-13,20,24H,1,4-8,11,14-17H2,(H,32,33)/t20-,24?/m1/s1. The van der Waals surface area contributed by atoms with Crippen LogP contribution in [0.3, 0.4) is 0 Å². The van der Waals surface area contributed by atoms with Gasteiger partial charge < -0.3 is 9.84 Å². The Morgan fingerprint density at radius 3 is 2.74 bits per heavy atom. The van der Waals surface area contributed by atoms with Gasteiger partial charge in [0.25, 0.3) is 0 Å². The molecule has 8 heteroatoms. The summed E-state index contributed by atoms with van der Waals surface area (Å²) < 4.78 is 46.3. The smallest absolute Gasteiger partial charge is 0.416 e. The number of aromatic nitrogens is 1. The van der Waals surface area contributed by atoms with E-state index in [1.807, 2.05) is 0 Å². The molecule has 5 nitrogen and oxygen atoms in total. The molecule has 1 unspecified atom stereocenters. The van der Waals surface area contributed by atoms with Crippen molar-refractivity contribution in [3.8, 4) is 0 Å². The molecule has 0 spiro atoms. The summed E-state index contributed by atoms with van der Waals surface area (Å²) in [6.07, 6.45) is 3.15. The summed E-state index contributed by atoms with van der Waals surface area (Å²) in [7, 11) is 0. The molecule has 1 aliphatic carbocycles. The van der Waals surface area contributed by atoms with Crippen molar-refractivity contribution in [2.24, 2.45) is 0 Å². The first-order chi connectivity index (χ1) is 16.3. The fraction of sp³-hybridized carbons (Fsp3) is 0.538. The third-order valence-corrected chi connectivity index (χ3v) is 6.75. The molecule has 1 aromatic heterocycles. The van der Waals surface area contributed by atoms with Crippen LogP contribution in [-0.2, 0) is 35.0 Å². The third-order valence-electron chi connectivity index (χ3n) is 6.75. The van der Waals surface area contributed by atoms with Crippen LogP contribution in [0.1, 0.15) is 66.2 Å². The normalized spacial score (nSPS) is 19.7. The predicted molar refractivity (Wildman–Crippen MR) is 122 cm³/mol. The first-order valence-corrected chi connectivity index (χ1v) is 12.0. The van der Waals surface area contributed by atoms with Gasteiger partial charge in [-0.3, -0.25) is 14.7 Å². The number of ether oxygens (including phenoxy) is 1. The van der Waals surface area contributed by atoms with Crippen LogP contribution in [0.15, 0.2) is 36.4 Å². The van der Waals surface area contributed by atoms with Crippen LogP contribution in [0, 0.1) is 0 Å². The molecule has 1 fully saturated rings. The van der Waals surface area contributed by atoms with Gasteiger partial charge >= 0.3 is 12.1 Å². The number of alkyl halides is 3. The highest BCUT2D eigenvalue weighted by atomic mass is 19.4. The zero-order valence-corrected chi connectivity index (χ0v) is 19.2. The van der Waals surface area contributed by atoms with Gasteiger partial charge in [0, 0.05) is 31.1 Å². The number of rotatable bonds is 9. The van der Waals surface area contributed by atoms with Crippen molar-refractivity contribution in [1.82, 2.24) is 9.88 Å². The summed E-state index contributed by atoms with van der Waals surface area (Å²) >= 11 is 0. The summed E-state index contributed by atoms with van der Waals surface area (Å²) in [4.78, 5) is 18.3. The van der Waals surface area contributed by atoms with Crippen LogP contribution >= 0.6 is 0 Å². The fourth-order valence-electron chi connectivity index (χ4n) is 5.03. The number of nitrogens with zero attached hydrogens (tertiary/aromatic N) is 2. The number of halogens is 3. The summed E-state index contributed by atoms with van der Waals surface area (Å²) in [5, 5.41) is 9.74. The molecule has 0 saturated carbocycles. The molecule has 0 radical (unpaired) electrons. The molecule has 1 aromatic carbocycles. The Labute approximate surface area is 197 Å². The molecule has 0 bridgehead atoms. The second-order valence-electron chi connectivity index (χ2n) is 9.17. The van der Waals surface area contributed by atoms with E-state index in [1.165, 1.54) is 42.3 Å². The van der Waals surface area contributed by atoms with Gasteiger partial charge in [-0.2, -0.15) is 13.2 Å². The van der Waals surface area contributed by atoms with Gasteiger partial charge in [0.15, 0.2) is 0 Å². The monoisotopic (exact) mass is 476 g/mol. The third kappa shape index (κ3) is 5.96. The lowest BCUT2D eigenvalue weighted by Crippen LogP contribution is -2.34. The van der Waals surface area contributed by atoms with Gasteiger partial charge in [0.05, 0.1) is 11.7 Å². The summed E-state index contributed by atoms with van der Waals surface area (Å²) in [5.41, 5.74) is 2.61. The van der Waals surface area contributed by atoms with Gasteiger partial charge in [0.2, 0.25) is 0 Å². The van der Waals surface area contributed by atoms with E-state index in [9.17, 15) is 23.1 Å². The van der Waals surface area contributed by atoms with Gasteiger partial charge in [-0.25, -0.2) is 0 Å². The van der Waals surface area contributed by atoms with Gasteiger partial charge in [-0.1, -0.05) is 24.3 Å². The van der Waals surface area contributed by atoms with Gasteiger partial charge in [0.1, 0.15) is 6.04 Å². The zero-order valence-electron chi connectivity index (χ0n) is 19.2. The molecular formula is C26H31F3N2O3. The van der Waals surface area contributed by atoms with Crippen molar-refractivity contribution in [3.05, 3.63) is 64.5 Å². The molecule has 2 atom stereocenters. The Hall–Kier alpha value is -2.45. The van der Waals surface area contributed by atoms with Crippen molar-refractivity contribution < 1.29 is 27.8 Å². The van der Waals surface area contributed by atoms with Crippen molar-refractivity contribution in [2.75, 3.05) is 19.7 Å². The van der Waals surface area contributed by atoms with Gasteiger partial charge in [-0.15, -0.1) is 0 Å². The molecule has 1 saturated heterocycles. The largest absolute Gasteiger partial charge is 0.480 e. The quantitative estimate of drug-likeness (QED) is 0.503. The minimum atomic E-state index is -4.60.